The van der Waals surface area contributed by atoms with Crippen LogP contribution in [-0.2, 0) is 16.1 Å². The predicted octanol–water partition coefficient (Wildman–Crippen LogP) is 2.02. The number of likely N-dealkylation sites (N-methyl/N-ethyl adjacent to an activating group) is 1. The molecule has 140 valence electrons. The molecule has 0 bridgehead atoms. The maximum atomic E-state index is 12.4. The van der Waals surface area contributed by atoms with Gasteiger partial charge in [0.15, 0.2) is 5.96 Å². The maximum Gasteiger partial charge on any atom is 0.242 e. The van der Waals surface area contributed by atoms with Gasteiger partial charge in [-0.2, -0.15) is 0 Å². The number of hydrogen-bond acceptors (Lipinski definition) is 3. The summed E-state index contributed by atoms with van der Waals surface area (Å²) in [6.45, 7) is 7.88. The molecule has 0 aliphatic heterocycles. The topological polar surface area (TPSA) is 66.0 Å². The van der Waals surface area contributed by atoms with E-state index in [2.05, 4.69) is 15.6 Å². The minimum Gasteiger partial charge on any atom is -0.382 e. The van der Waals surface area contributed by atoms with Crippen molar-refractivity contribution in [3.63, 3.8) is 0 Å². The van der Waals surface area contributed by atoms with Crippen LogP contribution in [0.25, 0.3) is 0 Å². The number of unbranched alkanes of at least 4 members (excludes halogenated alkanes) is 1. The number of hydrogen-bond donors (Lipinski definition) is 2. The molecule has 0 aromatic heterocycles. The summed E-state index contributed by atoms with van der Waals surface area (Å²) in [5, 5.41) is 6.31. The number of guanidine groups is 1. The van der Waals surface area contributed by atoms with Gasteiger partial charge < -0.3 is 20.3 Å². The van der Waals surface area contributed by atoms with Crippen LogP contribution >= 0.6 is 0 Å². The first-order valence-corrected chi connectivity index (χ1v) is 9.05. The van der Waals surface area contributed by atoms with Crippen LogP contribution in [0.5, 0.6) is 0 Å². The molecule has 0 fully saturated rings. The lowest BCUT2D eigenvalue weighted by molar-refractivity contribution is -0.130. The molecule has 1 amide bonds. The van der Waals surface area contributed by atoms with Crippen LogP contribution < -0.4 is 10.6 Å². The summed E-state index contributed by atoms with van der Waals surface area (Å²) in [6, 6.07) is 10.0. The van der Waals surface area contributed by atoms with E-state index in [4.69, 9.17) is 4.74 Å². The fourth-order valence-corrected chi connectivity index (χ4v) is 2.35. The Kier molecular flexibility index (Phi) is 11.1. The molecule has 6 heteroatoms. The smallest absolute Gasteiger partial charge is 0.242 e. The molecule has 25 heavy (non-hydrogen) atoms. The Morgan fingerprint density at radius 2 is 1.92 bits per heavy atom. The molecular weight excluding hydrogens is 316 g/mol. The van der Waals surface area contributed by atoms with Gasteiger partial charge in [0.2, 0.25) is 5.91 Å². The van der Waals surface area contributed by atoms with Crippen LogP contribution in [0.3, 0.4) is 0 Å². The number of aliphatic imine (C=N–C) groups is 1. The monoisotopic (exact) mass is 348 g/mol. The molecule has 0 heterocycles. The van der Waals surface area contributed by atoms with Crippen LogP contribution in [0.2, 0.25) is 0 Å². The van der Waals surface area contributed by atoms with Crippen LogP contribution in [0.1, 0.15) is 32.3 Å². The molecule has 0 spiro atoms. The van der Waals surface area contributed by atoms with Crippen molar-refractivity contribution < 1.29 is 9.53 Å². The number of rotatable bonds is 11. The van der Waals surface area contributed by atoms with E-state index in [0.717, 1.165) is 38.2 Å². The predicted molar refractivity (Wildman–Crippen MR) is 103 cm³/mol. The lowest BCUT2D eigenvalue weighted by Gasteiger charge is -2.22. The number of benzene rings is 1. The number of nitrogens with zero attached hydrogens (tertiary/aromatic N) is 2. The summed E-state index contributed by atoms with van der Waals surface area (Å²) in [7, 11) is 1.71. The van der Waals surface area contributed by atoms with E-state index < -0.39 is 0 Å². The quantitative estimate of drug-likeness (QED) is 0.365. The van der Waals surface area contributed by atoms with Crippen LogP contribution in [0.15, 0.2) is 35.3 Å². The van der Waals surface area contributed by atoms with E-state index in [1.807, 2.05) is 49.1 Å². The van der Waals surface area contributed by atoms with Gasteiger partial charge in [0.1, 0.15) is 0 Å². The van der Waals surface area contributed by atoms with Gasteiger partial charge in [-0.05, 0) is 32.3 Å². The number of carbonyl (C=O) groups is 1. The van der Waals surface area contributed by atoms with Crippen molar-refractivity contribution in [1.29, 1.82) is 0 Å². The van der Waals surface area contributed by atoms with Crippen molar-refractivity contribution in [2.24, 2.45) is 4.99 Å². The fourth-order valence-electron chi connectivity index (χ4n) is 2.35. The average Bonchev–Trinajstić information content (AvgIpc) is 2.65. The zero-order chi connectivity index (χ0) is 18.3. The first-order chi connectivity index (χ1) is 12.2. The number of ether oxygens (including phenoxy) is 1. The highest BCUT2D eigenvalue weighted by Crippen LogP contribution is 2.04. The van der Waals surface area contributed by atoms with E-state index in [9.17, 15) is 4.79 Å². The Hall–Kier alpha value is -2.08. The number of nitrogens with one attached hydrogen (secondary N) is 2. The summed E-state index contributed by atoms with van der Waals surface area (Å²) in [5.74, 6) is 0.714. The molecule has 1 aromatic rings. The maximum absolute atomic E-state index is 12.4. The Balaban J connectivity index is 2.31. The Morgan fingerprint density at radius 3 is 2.56 bits per heavy atom. The summed E-state index contributed by atoms with van der Waals surface area (Å²) in [5.41, 5.74) is 1.13. The van der Waals surface area contributed by atoms with Crippen LogP contribution in [0.4, 0.5) is 0 Å². The fraction of sp³-hybridized carbons (Fsp3) is 0.579. The van der Waals surface area contributed by atoms with Crippen molar-refractivity contribution in [3.8, 4) is 0 Å². The zero-order valence-electron chi connectivity index (χ0n) is 15.8. The third kappa shape index (κ3) is 9.10. The lowest BCUT2D eigenvalue weighted by Crippen LogP contribution is -2.44. The zero-order valence-corrected chi connectivity index (χ0v) is 15.8. The summed E-state index contributed by atoms with van der Waals surface area (Å²) in [4.78, 5) is 18.4. The first-order valence-electron chi connectivity index (χ1n) is 9.05. The number of amides is 1. The summed E-state index contributed by atoms with van der Waals surface area (Å²) in [6.07, 6.45) is 2.02. The highest BCUT2D eigenvalue weighted by Gasteiger charge is 2.12. The molecule has 1 rings (SSSR count). The number of carbonyl (C=O) groups excluding carboxylic acids is 1. The Bertz CT molecular complexity index is 505. The van der Waals surface area contributed by atoms with E-state index in [1.54, 1.807) is 7.05 Å². The first kappa shape index (κ1) is 21.0. The molecule has 0 radical (unpaired) electrons. The largest absolute Gasteiger partial charge is 0.382 e. The van der Waals surface area contributed by atoms with E-state index in [0.29, 0.717) is 19.0 Å². The van der Waals surface area contributed by atoms with E-state index in [-0.39, 0.29) is 12.5 Å². The summed E-state index contributed by atoms with van der Waals surface area (Å²) >= 11 is 0. The summed E-state index contributed by atoms with van der Waals surface area (Å²) < 4.78 is 5.31. The van der Waals surface area contributed by atoms with Gasteiger partial charge in [0.05, 0.1) is 6.54 Å². The minimum absolute atomic E-state index is 0.0608. The van der Waals surface area contributed by atoms with E-state index in [1.165, 1.54) is 0 Å². The SMILES string of the molecule is CCOCCCCNC(=NC)NCC(=O)N(CC)Cc1ccccc1. The third-order valence-corrected chi connectivity index (χ3v) is 3.79. The molecule has 0 unspecified atom stereocenters. The molecular formula is C19H32N4O2. The molecule has 0 saturated heterocycles. The second-order valence-electron chi connectivity index (χ2n) is 5.65. The van der Waals surface area contributed by atoms with E-state index >= 15 is 0 Å². The van der Waals surface area contributed by atoms with Gasteiger partial charge in [-0.1, -0.05) is 30.3 Å². The standard InChI is InChI=1S/C19H32N4O2/c1-4-23(16-17-11-7-6-8-12-17)18(24)15-22-19(20-3)21-13-9-10-14-25-5-2/h6-8,11-12H,4-5,9-10,13-16H2,1-3H3,(H2,20,21,22). The minimum atomic E-state index is 0.0608. The van der Waals surface area contributed by atoms with Gasteiger partial charge in [0.25, 0.3) is 0 Å². The highest BCUT2D eigenvalue weighted by molar-refractivity contribution is 5.86. The van der Waals surface area contributed by atoms with Crippen molar-refractivity contribution in [1.82, 2.24) is 15.5 Å². The van der Waals surface area contributed by atoms with Crippen molar-refractivity contribution in [2.75, 3.05) is 39.9 Å². The van der Waals surface area contributed by atoms with Crippen LogP contribution in [-0.4, -0.2) is 56.7 Å². The lowest BCUT2D eigenvalue weighted by atomic mass is 10.2. The molecule has 0 aliphatic carbocycles. The molecule has 0 atom stereocenters. The van der Waals surface area contributed by atoms with Gasteiger partial charge in [0, 0.05) is 39.9 Å². The third-order valence-electron chi connectivity index (χ3n) is 3.79. The molecule has 0 saturated carbocycles. The van der Waals surface area contributed by atoms with Crippen molar-refractivity contribution in [2.45, 2.75) is 33.2 Å². The van der Waals surface area contributed by atoms with Gasteiger partial charge in [-0.25, -0.2) is 0 Å². The van der Waals surface area contributed by atoms with Gasteiger partial charge >= 0.3 is 0 Å². The molecule has 6 nitrogen and oxygen atoms in total. The normalized spacial score (nSPS) is 11.2. The molecule has 0 aliphatic rings. The van der Waals surface area contributed by atoms with Gasteiger partial charge in [-0.15, -0.1) is 0 Å². The molecule has 1 aromatic carbocycles. The van der Waals surface area contributed by atoms with Crippen LogP contribution in [0, 0.1) is 0 Å². The highest BCUT2D eigenvalue weighted by atomic mass is 16.5. The Morgan fingerprint density at radius 1 is 1.16 bits per heavy atom. The second kappa shape index (κ2) is 13.2. The molecule has 2 N–H and O–H groups in total. The Labute approximate surface area is 151 Å². The van der Waals surface area contributed by atoms with Crippen molar-refractivity contribution >= 4 is 11.9 Å². The van der Waals surface area contributed by atoms with Gasteiger partial charge in [-0.3, -0.25) is 9.79 Å². The van der Waals surface area contributed by atoms with Crippen molar-refractivity contribution in [3.05, 3.63) is 35.9 Å². The average molecular weight is 348 g/mol. The second-order valence-corrected chi connectivity index (χ2v) is 5.65.